The number of benzene rings is 2. The van der Waals surface area contributed by atoms with Crippen molar-refractivity contribution in [3.8, 4) is 17.3 Å². The molecule has 0 saturated carbocycles. The highest BCUT2D eigenvalue weighted by Gasteiger charge is 2.18. The van der Waals surface area contributed by atoms with Gasteiger partial charge < -0.3 is 13.9 Å². The summed E-state index contributed by atoms with van der Waals surface area (Å²) in [6, 6.07) is 17.2. The summed E-state index contributed by atoms with van der Waals surface area (Å²) < 4.78 is 15.7. The molecule has 0 aliphatic heterocycles. The van der Waals surface area contributed by atoms with Gasteiger partial charge in [0.1, 0.15) is 12.4 Å². The van der Waals surface area contributed by atoms with Gasteiger partial charge in [-0.1, -0.05) is 61.2 Å². The quantitative estimate of drug-likeness (QED) is 0.512. The molecule has 0 amide bonds. The normalized spacial score (nSPS) is 10.4. The second kappa shape index (κ2) is 6.18. The Morgan fingerprint density at radius 3 is 2.45 bits per heavy atom. The Morgan fingerprint density at radius 1 is 1.05 bits per heavy atom. The van der Waals surface area contributed by atoms with E-state index in [0.29, 0.717) is 5.76 Å². The van der Waals surface area contributed by atoms with Crippen LogP contribution in [0.5, 0.6) is 5.95 Å². The number of rotatable bonds is 4. The average Bonchev–Trinajstić information content (AvgIpc) is 2.93. The largest absolute Gasteiger partial charge is 0.516 e. The number of fused-ring (bicyclic) bond motifs is 1. The van der Waals surface area contributed by atoms with E-state index in [1.165, 1.54) is 6.08 Å². The van der Waals surface area contributed by atoms with E-state index in [2.05, 4.69) is 6.58 Å². The zero-order valence-electron chi connectivity index (χ0n) is 11.8. The topological polar surface area (TPSA) is 48.7 Å². The Hall–Kier alpha value is -3.01. The molecule has 2 aromatic carbocycles. The van der Waals surface area contributed by atoms with Gasteiger partial charge in [0.25, 0.3) is 0 Å². The summed E-state index contributed by atoms with van der Waals surface area (Å²) in [5.41, 5.74) is 0.910. The molecule has 0 aliphatic rings. The predicted octanol–water partition coefficient (Wildman–Crippen LogP) is 4.80. The van der Waals surface area contributed by atoms with Gasteiger partial charge in [-0.05, 0) is 6.07 Å². The zero-order valence-corrected chi connectivity index (χ0v) is 11.8. The highest BCUT2D eigenvalue weighted by molar-refractivity contribution is 5.98. The molecular weight excluding hydrogens is 280 g/mol. The number of hydrogen-bond acceptors (Lipinski definition) is 4. The predicted molar refractivity (Wildman–Crippen MR) is 83.8 cm³/mol. The smallest absolute Gasteiger partial charge is 0.430 e. The Labute approximate surface area is 127 Å². The highest BCUT2D eigenvalue weighted by atomic mass is 16.8. The summed E-state index contributed by atoms with van der Waals surface area (Å²) in [5, 5.41) is 1.59. The lowest BCUT2D eigenvalue weighted by molar-refractivity contribution is 0.101. The summed E-state index contributed by atoms with van der Waals surface area (Å²) >= 11 is 0. The van der Waals surface area contributed by atoms with Crippen molar-refractivity contribution in [2.75, 3.05) is 6.61 Å². The van der Waals surface area contributed by atoms with Gasteiger partial charge in [-0.3, -0.25) is 0 Å². The molecule has 0 unspecified atom stereocenters. The first-order chi connectivity index (χ1) is 10.8. The fourth-order valence-electron chi connectivity index (χ4n) is 2.17. The van der Waals surface area contributed by atoms with Crippen molar-refractivity contribution in [3.05, 3.63) is 67.3 Å². The number of furan rings is 1. The van der Waals surface area contributed by atoms with Crippen molar-refractivity contribution in [1.29, 1.82) is 0 Å². The van der Waals surface area contributed by atoms with Crippen LogP contribution in [0.1, 0.15) is 0 Å². The zero-order chi connectivity index (χ0) is 15.4. The lowest BCUT2D eigenvalue weighted by atomic mass is 10.1. The maximum atomic E-state index is 11.6. The van der Waals surface area contributed by atoms with Crippen LogP contribution in [0.25, 0.3) is 22.1 Å². The molecule has 3 aromatic rings. The third kappa shape index (κ3) is 2.72. The van der Waals surface area contributed by atoms with Crippen LogP contribution < -0.4 is 4.74 Å². The van der Waals surface area contributed by atoms with Gasteiger partial charge >= 0.3 is 12.1 Å². The SMILES string of the molecule is C=CCOC(=O)Oc1oc(-c2ccccc2)c2ccccc12. The van der Waals surface area contributed by atoms with Crippen LogP contribution in [-0.4, -0.2) is 12.8 Å². The van der Waals surface area contributed by atoms with E-state index in [1.807, 2.05) is 54.6 Å². The van der Waals surface area contributed by atoms with Crippen LogP contribution in [0.2, 0.25) is 0 Å². The van der Waals surface area contributed by atoms with Gasteiger partial charge in [-0.2, -0.15) is 0 Å². The van der Waals surface area contributed by atoms with Gasteiger partial charge in [0.05, 0.1) is 5.39 Å². The molecule has 110 valence electrons. The molecule has 0 bridgehead atoms. The van der Waals surface area contributed by atoms with Gasteiger partial charge in [0.2, 0.25) is 0 Å². The van der Waals surface area contributed by atoms with Gasteiger partial charge in [-0.15, -0.1) is 0 Å². The van der Waals surface area contributed by atoms with Crippen molar-refractivity contribution in [3.63, 3.8) is 0 Å². The Morgan fingerprint density at radius 2 is 1.73 bits per heavy atom. The molecule has 0 fully saturated rings. The van der Waals surface area contributed by atoms with Crippen molar-refractivity contribution in [2.24, 2.45) is 0 Å². The number of ether oxygens (including phenoxy) is 2. The Bertz CT molecular complexity index is 802. The van der Waals surface area contributed by atoms with Crippen LogP contribution >= 0.6 is 0 Å². The third-order valence-corrected chi connectivity index (χ3v) is 3.12. The van der Waals surface area contributed by atoms with E-state index in [0.717, 1.165) is 16.3 Å². The first-order valence-corrected chi connectivity index (χ1v) is 6.82. The summed E-state index contributed by atoms with van der Waals surface area (Å²) in [5.74, 6) is 0.784. The third-order valence-electron chi connectivity index (χ3n) is 3.12. The molecule has 3 rings (SSSR count). The summed E-state index contributed by atoms with van der Waals surface area (Å²) in [6.07, 6.45) is 0.649. The van der Waals surface area contributed by atoms with E-state index in [4.69, 9.17) is 13.9 Å². The minimum absolute atomic E-state index is 0.0863. The minimum atomic E-state index is -0.820. The molecule has 0 saturated heterocycles. The molecule has 0 aliphatic carbocycles. The van der Waals surface area contributed by atoms with Crippen molar-refractivity contribution in [2.45, 2.75) is 0 Å². The van der Waals surface area contributed by atoms with Crippen LogP contribution in [0.4, 0.5) is 4.79 Å². The summed E-state index contributed by atoms with van der Waals surface area (Å²) in [4.78, 5) is 11.6. The van der Waals surface area contributed by atoms with Crippen molar-refractivity contribution >= 4 is 16.9 Å². The fraction of sp³-hybridized carbons (Fsp3) is 0.0556. The number of hydrogen-bond donors (Lipinski definition) is 0. The molecule has 4 nitrogen and oxygen atoms in total. The number of carbonyl (C=O) groups excluding carboxylic acids is 1. The second-order valence-electron chi connectivity index (χ2n) is 4.58. The monoisotopic (exact) mass is 294 g/mol. The number of carbonyl (C=O) groups is 1. The van der Waals surface area contributed by atoms with Gasteiger partial charge in [0, 0.05) is 10.9 Å². The van der Waals surface area contributed by atoms with Crippen molar-refractivity contribution in [1.82, 2.24) is 0 Å². The van der Waals surface area contributed by atoms with Crippen molar-refractivity contribution < 1.29 is 18.7 Å². The molecular formula is C18H14O4. The van der Waals surface area contributed by atoms with Crippen LogP contribution in [0, 0.1) is 0 Å². The van der Waals surface area contributed by atoms with Gasteiger partial charge in [0.15, 0.2) is 0 Å². The standard InChI is InChI=1S/C18H14O4/c1-2-12-20-18(19)22-17-15-11-7-6-10-14(15)16(21-17)13-8-4-3-5-9-13/h2-11H,1,12H2. The Kier molecular flexibility index (Phi) is 3.92. The first kappa shape index (κ1) is 13.9. The Balaban J connectivity index is 2.01. The molecule has 22 heavy (non-hydrogen) atoms. The molecule has 0 atom stereocenters. The van der Waals surface area contributed by atoms with Crippen LogP contribution in [-0.2, 0) is 4.74 Å². The molecule has 0 radical (unpaired) electrons. The fourth-order valence-corrected chi connectivity index (χ4v) is 2.17. The van der Waals surface area contributed by atoms with E-state index in [1.54, 1.807) is 0 Å². The minimum Gasteiger partial charge on any atom is -0.430 e. The maximum Gasteiger partial charge on any atom is 0.516 e. The lowest BCUT2D eigenvalue weighted by Crippen LogP contribution is -2.10. The van der Waals surface area contributed by atoms with E-state index >= 15 is 0 Å². The van der Waals surface area contributed by atoms with Gasteiger partial charge in [-0.25, -0.2) is 4.79 Å². The first-order valence-electron chi connectivity index (χ1n) is 6.82. The second-order valence-corrected chi connectivity index (χ2v) is 4.58. The lowest BCUT2D eigenvalue weighted by Gasteiger charge is -2.01. The molecule has 0 N–H and O–H groups in total. The maximum absolute atomic E-state index is 11.6. The van der Waals surface area contributed by atoms with E-state index < -0.39 is 6.16 Å². The summed E-state index contributed by atoms with van der Waals surface area (Å²) in [6.45, 7) is 3.56. The van der Waals surface area contributed by atoms with Crippen LogP contribution in [0.3, 0.4) is 0 Å². The average molecular weight is 294 g/mol. The molecule has 0 spiro atoms. The highest BCUT2D eigenvalue weighted by Crippen LogP contribution is 2.38. The van der Waals surface area contributed by atoms with E-state index in [9.17, 15) is 4.79 Å². The van der Waals surface area contributed by atoms with E-state index in [-0.39, 0.29) is 12.6 Å². The molecule has 1 heterocycles. The van der Waals surface area contributed by atoms with Crippen LogP contribution in [0.15, 0.2) is 71.7 Å². The molecule has 4 heteroatoms. The summed E-state index contributed by atoms with van der Waals surface area (Å²) in [7, 11) is 0. The molecule has 1 aromatic heterocycles.